The Morgan fingerprint density at radius 2 is 2.06 bits per heavy atom. The highest BCUT2D eigenvalue weighted by atomic mass is 32.1. The number of rotatable bonds is 5. The van der Waals surface area contributed by atoms with Crippen LogP contribution in [-0.4, -0.2) is 24.7 Å². The van der Waals surface area contributed by atoms with E-state index in [-0.39, 0.29) is 6.10 Å². The summed E-state index contributed by atoms with van der Waals surface area (Å²) < 4.78 is 5.77. The van der Waals surface area contributed by atoms with Gasteiger partial charge >= 0.3 is 0 Å². The highest BCUT2D eigenvalue weighted by Crippen LogP contribution is 2.25. The number of nitrogens with zero attached hydrogens (tertiary/aromatic N) is 1. The molecule has 18 heavy (non-hydrogen) atoms. The summed E-state index contributed by atoms with van der Waals surface area (Å²) in [4.78, 5) is 4.47. The Morgan fingerprint density at radius 3 is 2.61 bits per heavy atom. The van der Waals surface area contributed by atoms with Crippen molar-refractivity contribution < 1.29 is 4.74 Å². The predicted octanol–water partition coefficient (Wildman–Crippen LogP) is 3.11. The highest BCUT2D eigenvalue weighted by molar-refractivity contribution is 7.13. The summed E-state index contributed by atoms with van der Waals surface area (Å²) in [5, 5.41) is 6.22. The van der Waals surface area contributed by atoms with E-state index in [0.29, 0.717) is 0 Å². The smallest absolute Gasteiger partial charge is 0.123 e. The summed E-state index contributed by atoms with van der Waals surface area (Å²) in [6.45, 7) is 4.90. The zero-order valence-corrected chi connectivity index (χ0v) is 11.8. The van der Waals surface area contributed by atoms with Crippen LogP contribution in [0.3, 0.4) is 0 Å². The zero-order valence-electron chi connectivity index (χ0n) is 10.9. The summed E-state index contributed by atoms with van der Waals surface area (Å²) in [5.74, 6) is 0.898. The lowest BCUT2D eigenvalue weighted by molar-refractivity contribution is 0.220. The molecule has 3 nitrogen and oxygen atoms in total. The number of benzene rings is 1. The van der Waals surface area contributed by atoms with E-state index in [0.717, 1.165) is 28.6 Å². The summed E-state index contributed by atoms with van der Waals surface area (Å²) in [5.41, 5.74) is 2.21. The van der Waals surface area contributed by atoms with Crippen molar-refractivity contribution in [3.8, 4) is 16.3 Å². The van der Waals surface area contributed by atoms with Crippen molar-refractivity contribution in [3.05, 3.63) is 35.3 Å². The minimum absolute atomic E-state index is 0.169. The van der Waals surface area contributed by atoms with Crippen molar-refractivity contribution in [1.82, 2.24) is 10.3 Å². The molecule has 0 aliphatic heterocycles. The van der Waals surface area contributed by atoms with Crippen LogP contribution in [0.4, 0.5) is 0 Å². The molecule has 0 bridgehead atoms. The average Bonchev–Trinajstić information content (AvgIpc) is 2.77. The fraction of sp³-hybridized carbons (Fsp3) is 0.357. The quantitative estimate of drug-likeness (QED) is 0.899. The second-order valence-corrected chi connectivity index (χ2v) is 5.16. The maximum absolute atomic E-state index is 5.77. The van der Waals surface area contributed by atoms with Gasteiger partial charge in [0.2, 0.25) is 0 Å². The van der Waals surface area contributed by atoms with Gasteiger partial charge in [-0.25, -0.2) is 4.98 Å². The van der Waals surface area contributed by atoms with Crippen LogP contribution in [0.1, 0.15) is 12.6 Å². The molecule has 2 aromatic rings. The van der Waals surface area contributed by atoms with Crippen molar-refractivity contribution in [1.29, 1.82) is 0 Å². The molecule has 0 saturated heterocycles. The Morgan fingerprint density at radius 1 is 1.33 bits per heavy atom. The molecule has 0 aliphatic rings. The molecular weight excluding hydrogens is 244 g/mol. The summed E-state index contributed by atoms with van der Waals surface area (Å²) in [6.07, 6.45) is 0.169. The van der Waals surface area contributed by atoms with Crippen LogP contribution in [0, 0.1) is 6.92 Å². The second kappa shape index (κ2) is 5.98. The maximum Gasteiger partial charge on any atom is 0.123 e. The van der Waals surface area contributed by atoms with Crippen LogP contribution in [0.15, 0.2) is 29.6 Å². The Bertz CT molecular complexity index is 493. The Balaban J connectivity index is 2.06. The Labute approximate surface area is 112 Å². The van der Waals surface area contributed by atoms with Gasteiger partial charge in [-0.2, -0.15) is 0 Å². The number of hydrogen-bond acceptors (Lipinski definition) is 4. The molecule has 1 atom stereocenters. The number of thiazole rings is 1. The molecule has 0 fully saturated rings. The number of ether oxygens (including phenoxy) is 1. The fourth-order valence-electron chi connectivity index (χ4n) is 1.72. The number of hydrogen-bond donors (Lipinski definition) is 1. The molecule has 2 rings (SSSR count). The first-order valence-electron chi connectivity index (χ1n) is 6.03. The Hall–Kier alpha value is -1.39. The maximum atomic E-state index is 5.77. The van der Waals surface area contributed by atoms with Crippen LogP contribution in [-0.2, 0) is 0 Å². The van der Waals surface area contributed by atoms with Crippen molar-refractivity contribution >= 4 is 11.3 Å². The normalized spacial score (nSPS) is 12.4. The monoisotopic (exact) mass is 262 g/mol. The van der Waals surface area contributed by atoms with Crippen molar-refractivity contribution in [2.45, 2.75) is 20.0 Å². The van der Waals surface area contributed by atoms with Crippen molar-refractivity contribution in [2.24, 2.45) is 0 Å². The van der Waals surface area contributed by atoms with Gasteiger partial charge in [-0.05, 0) is 45.2 Å². The standard InChI is InChI=1S/C14H18N2OS/c1-10-9-18-14(16-10)12-4-6-13(7-5-12)17-11(2)8-15-3/h4-7,9,11,15H,8H2,1-3H3. The van der Waals surface area contributed by atoms with Gasteiger partial charge in [0.05, 0.1) is 0 Å². The van der Waals surface area contributed by atoms with Gasteiger partial charge in [-0.1, -0.05) is 0 Å². The van der Waals surface area contributed by atoms with Crippen LogP contribution in [0.5, 0.6) is 5.75 Å². The second-order valence-electron chi connectivity index (χ2n) is 4.30. The number of likely N-dealkylation sites (N-methyl/N-ethyl adjacent to an activating group) is 1. The number of aromatic nitrogens is 1. The zero-order chi connectivity index (χ0) is 13.0. The molecule has 0 aliphatic carbocycles. The lowest BCUT2D eigenvalue weighted by Crippen LogP contribution is -2.25. The van der Waals surface area contributed by atoms with Gasteiger partial charge in [-0.3, -0.25) is 0 Å². The Kier molecular flexibility index (Phi) is 4.33. The first-order chi connectivity index (χ1) is 8.69. The highest BCUT2D eigenvalue weighted by Gasteiger charge is 2.05. The predicted molar refractivity (Wildman–Crippen MR) is 76.3 cm³/mol. The summed E-state index contributed by atoms with van der Waals surface area (Å²) in [6, 6.07) is 8.11. The molecule has 1 N–H and O–H groups in total. The SMILES string of the molecule is CNCC(C)Oc1ccc(-c2nc(C)cs2)cc1. The minimum Gasteiger partial charge on any atom is -0.489 e. The van der Waals surface area contributed by atoms with E-state index in [1.54, 1.807) is 11.3 Å². The molecule has 1 aromatic heterocycles. The van der Waals surface area contributed by atoms with E-state index in [1.165, 1.54) is 0 Å². The molecule has 1 unspecified atom stereocenters. The molecule has 1 aromatic carbocycles. The third-order valence-electron chi connectivity index (χ3n) is 2.55. The van der Waals surface area contributed by atoms with Gasteiger partial charge in [0.1, 0.15) is 16.9 Å². The summed E-state index contributed by atoms with van der Waals surface area (Å²) in [7, 11) is 1.92. The number of nitrogens with one attached hydrogen (secondary N) is 1. The van der Waals surface area contributed by atoms with Crippen LogP contribution in [0.2, 0.25) is 0 Å². The third kappa shape index (κ3) is 3.31. The van der Waals surface area contributed by atoms with Crippen molar-refractivity contribution in [2.75, 3.05) is 13.6 Å². The van der Waals surface area contributed by atoms with Crippen LogP contribution >= 0.6 is 11.3 Å². The molecule has 0 saturated carbocycles. The van der Waals surface area contributed by atoms with E-state index in [9.17, 15) is 0 Å². The van der Waals surface area contributed by atoms with Gasteiger partial charge in [0, 0.05) is 23.2 Å². The molecule has 4 heteroatoms. The molecular formula is C14H18N2OS. The van der Waals surface area contributed by atoms with E-state index >= 15 is 0 Å². The van der Waals surface area contributed by atoms with Gasteiger partial charge < -0.3 is 10.1 Å². The first-order valence-corrected chi connectivity index (χ1v) is 6.91. The lowest BCUT2D eigenvalue weighted by Gasteiger charge is -2.14. The molecule has 0 spiro atoms. The van der Waals surface area contributed by atoms with Gasteiger partial charge in [0.25, 0.3) is 0 Å². The molecule has 0 radical (unpaired) electrons. The van der Waals surface area contributed by atoms with E-state index < -0.39 is 0 Å². The first kappa shape index (κ1) is 13.1. The van der Waals surface area contributed by atoms with Gasteiger partial charge in [0.15, 0.2) is 0 Å². The lowest BCUT2D eigenvalue weighted by atomic mass is 10.2. The van der Waals surface area contributed by atoms with E-state index in [4.69, 9.17) is 4.74 Å². The molecule has 1 heterocycles. The molecule has 0 amide bonds. The molecule has 96 valence electrons. The van der Waals surface area contributed by atoms with E-state index in [2.05, 4.69) is 34.7 Å². The topological polar surface area (TPSA) is 34.1 Å². The largest absolute Gasteiger partial charge is 0.489 e. The summed E-state index contributed by atoms with van der Waals surface area (Å²) >= 11 is 1.67. The number of aryl methyl sites for hydroxylation is 1. The van der Waals surface area contributed by atoms with Crippen LogP contribution in [0.25, 0.3) is 10.6 Å². The van der Waals surface area contributed by atoms with E-state index in [1.807, 2.05) is 26.1 Å². The minimum atomic E-state index is 0.169. The average molecular weight is 262 g/mol. The third-order valence-corrected chi connectivity index (χ3v) is 3.56. The van der Waals surface area contributed by atoms with Crippen molar-refractivity contribution in [3.63, 3.8) is 0 Å². The van der Waals surface area contributed by atoms with Gasteiger partial charge in [-0.15, -0.1) is 11.3 Å². The fourth-order valence-corrected chi connectivity index (χ4v) is 2.53. The van der Waals surface area contributed by atoms with Crippen LogP contribution < -0.4 is 10.1 Å².